The van der Waals surface area contributed by atoms with Crippen LogP contribution in [0.1, 0.15) is 18.2 Å². The third kappa shape index (κ3) is 2.14. The molecule has 0 spiro atoms. The van der Waals surface area contributed by atoms with E-state index in [1.807, 2.05) is 44.2 Å². The van der Waals surface area contributed by atoms with Gasteiger partial charge in [0.05, 0.1) is 22.9 Å². The molecule has 2 N–H and O–H groups in total. The van der Waals surface area contributed by atoms with Crippen molar-refractivity contribution in [2.45, 2.75) is 13.8 Å². The van der Waals surface area contributed by atoms with Crippen LogP contribution in [-0.4, -0.2) is 19.9 Å². The van der Waals surface area contributed by atoms with Crippen molar-refractivity contribution in [1.29, 1.82) is 0 Å². The molecule has 20 heavy (non-hydrogen) atoms. The molecule has 1 radical (unpaired) electrons. The monoisotopic (exact) mass is 264 g/mol. The van der Waals surface area contributed by atoms with Crippen molar-refractivity contribution in [1.82, 2.24) is 25.7 Å². The van der Waals surface area contributed by atoms with Gasteiger partial charge < -0.3 is 4.98 Å². The number of benzene rings is 1. The van der Waals surface area contributed by atoms with Gasteiger partial charge in [-0.15, -0.1) is 0 Å². The minimum Gasteiger partial charge on any atom is -0.337 e. The topological polar surface area (TPSA) is 78.3 Å². The van der Waals surface area contributed by atoms with E-state index in [-0.39, 0.29) is 5.82 Å². The molecule has 2 heterocycles. The summed E-state index contributed by atoms with van der Waals surface area (Å²) in [6.07, 6.45) is 5.32. The van der Waals surface area contributed by atoms with Crippen molar-refractivity contribution in [3.05, 3.63) is 41.7 Å². The van der Waals surface area contributed by atoms with Crippen molar-refractivity contribution in [3.63, 3.8) is 0 Å². The number of hydrogen-bond donors (Lipinski definition) is 1. The molecule has 0 bridgehead atoms. The Bertz CT molecular complexity index is 801. The van der Waals surface area contributed by atoms with E-state index in [1.54, 1.807) is 6.20 Å². The van der Waals surface area contributed by atoms with Gasteiger partial charge in [-0.25, -0.2) is 15.0 Å². The molecule has 0 saturated heterocycles. The molecule has 5 nitrogen and oxygen atoms in total. The minimum absolute atomic E-state index is 0.119. The first-order valence-electron chi connectivity index (χ1n) is 6.35. The van der Waals surface area contributed by atoms with Gasteiger partial charge in [0.2, 0.25) is 0 Å². The van der Waals surface area contributed by atoms with Gasteiger partial charge in [0.25, 0.3) is 0 Å². The number of fused-ring (bicyclic) bond motifs is 1. The van der Waals surface area contributed by atoms with E-state index in [9.17, 15) is 0 Å². The predicted molar refractivity (Wildman–Crippen MR) is 79.3 cm³/mol. The second-order valence-electron chi connectivity index (χ2n) is 4.60. The zero-order valence-electron chi connectivity index (χ0n) is 11.3. The Balaban J connectivity index is 2.16. The van der Waals surface area contributed by atoms with Gasteiger partial charge in [-0.1, -0.05) is 12.1 Å². The van der Waals surface area contributed by atoms with Crippen LogP contribution in [0, 0.1) is 6.92 Å². The van der Waals surface area contributed by atoms with Gasteiger partial charge in [0.1, 0.15) is 0 Å². The molecule has 0 saturated carbocycles. The fourth-order valence-corrected chi connectivity index (χ4v) is 2.05. The SMILES string of the molecule is C/C=C/c1cnc([NH])c(-c2nc3ccc(C)cc3[nH]2)n1. The van der Waals surface area contributed by atoms with Crippen LogP contribution >= 0.6 is 0 Å². The second-order valence-corrected chi connectivity index (χ2v) is 4.60. The number of hydrogen-bond acceptors (Lipinski definition) is 3. The van der Waals surface area contributed by atoms with Crippen molar-refractivity contribution in [2.75, 3.05) is 0 Å². The minimum atomic E-state index is 0.119. The van der Waals surface area contributed by atoms with Crippen LogP contribution in [0.2, 0.25) is 0 Å². The molecule has 3 aromatic rings. The number of H-pyrrole nitrogens is 1. The van der Waals surface area contributed by atoms with Crippen LogP contribution in [0.4, 0.5) is 5.82 Å². The van der Waals surface area contributed by atoms with E-state index in [0.29, 0.717) is 11.5 Å². The highest BCUT2D eigenvalue weighted by Gasteiger charge is 2.12. The van der Waals surface area contributed by atoms with Crippen LogP contribution in [0.15, 0.2) is 30.5 Å². The summed E-state index contributed by atoms with van der Waals surface area (Å²) in [6, 6.07) is 5.99. The summed E-state index contributed by atoms with van der Waals surface area (Å²) in [4.78, 5) is 16.2. The zero-order valence-corrected chi connectivity index (χ0v) is 11.3. The highest BCUT2D eigenvalue weighted by atomic mass is 15.0. The summed E-state index contributed by atoms with van der Waals surface area (Å²) in [5.74, 6) is 0.698. The largest absolute Gasteiger partial charge is 0.337 e. The summed E-state index contributed by atoms with van der Waals surface area (Å²) in [6.45, 7) is 3.95. The maximum Gasteiger partial charge on any atom is 0.174 e. The van der Waals surface area contributed by atoms with Gasteiger partial charge in [-0.3, -0.25) is 5.73 Å². The maximum absolute atomic E-state index is 7.90. The molecule has 0 aliphatic carbocycles. The maximum atomic E-state index is 7.90. The van der Waals surface area contributed by atoms with E-state index >= 15 is 0 Å². The van der Waals surface area contributed by atoms with E-state index in [4.69, 9.17) is 5.73 Å². The molecule has 1 aromatic carbocycles. The average Bonchev–Trinajstić information content (AvgIpc) is 2.84. The fraction of sp³-hybridized carbons (Fsp3) is 0.133. The predicted octanol–water partition coefficient (Wildman–Crippen LogP) is 3.28. The molecule has 2 aromatic heterocycles. The number of imidazole rings is 1. The smallest absolute Gasteiger partial charge is 0.174 e. The molecule has 0 amide bonds. The Morgan fingerprint density at radius 3 is 2.90 bits per heavy atom. The first-order chi connectivity index (χ1) is 9.67. The lowest BCUT2D eigenvalue weighted by atomic mass is 10.2. The zero-order chi connectivity index (χ0) is 14.1. The van der Waals surface area contributed by atoms with Crippen LogP contribution in [0.25, 0.3) is 28.6 Å². The molecule has 5 heteroatoms. The Labute approximate surface area is 116 Å². The van der Waals surface area contributed by atoms with Gasteiger partial charge in [-0.2, -0.15) is 0 Å². The van der Waals surface area contributed by atoms with Gasteiger partial charge in [0, 0.05) is 0 Å². The number of aromatic amines is 1. The number of aryl methyl sites for hydroxylation is 1. The van der Waals surface area contributed by atoms with Crippen molar-refractivity contribution in [3.8, 4) is 11.5 Å². The molecular formula is C15H14N5. The molecule has 0 aliphatic heterocycles. The van der Waals surface area contributed by atoms with Crippen LogP contribution in [0.3, 0.4) is 0 Å². The highest BCUT2D eigenvalue weighted by Crippen LogP contribution is 2.24. The summed E-state index contributed by atoms with van der Waals surface area (Å²) in [5.41, 5.74) is 12.0. The molecule has 0 fully saturated rings. The number of nitrogens with one attached hydrogen (secondary N) is 2. The number of allylic oxidation sites excluding steroid dienone is 1. The lowest BCUT2D eigenvalue weighted by molar-refractivity contribution is 1.12. The third-order valence-electron chi connectivity index (χ3n) is 2.99. The first-order valence-corrected chi connectivity index (χ1v) is 6.35. The fourth-order valence-electron chi connectivity index (χ4n) is 2.05. The third-order valence-corrected chi connectivity index (χ3v) is 2.99. The van der Waals surface area contributed by atoms with Crippen LogP contribution in [-0.2, 0) is 0 Å². The molecule has 0 aliphatic rings. The average molecular weight is 264 g/mol. The molecular weight excluding hydrogens is 250 g/mol. The first kappa shape index (κ1) is 12.3. The van der Waals surface area contributed by atoms with Gasteiger partial charge in [-0.05, 0) is 37.6 Å². The normalized spacial score (nSPS) is 11.5. The summed E-state index contributed by atoms with van der Waals surface area (Å²) < 4.78 is 0. The molecule has 3 rings (SSSR count). The van der Waals surface area contributed by atoms with E-state index in [0.717, 1.165) is 22.3 Å². The van der Waals surface area contributed by atoms with Crippen molar-refractivity contribution < 1.29 is 0 Å². The lowest BCUT2D eigenvalue weighted by Gasteiger charge is -2.00. The Kier molecular flexibility index (Phi) is 2.95. The number of nitrogens with zero attached hydrogens (tertiary/aromatic N) is 3. The Morgan fingerprint density at radius 1 is 1.25 bits per heavy atom. The van der Waals surface area contributed by atoms with Crippen LogP contribution < -0.4 is 5.73 Å². The Morgan fingerprint density at radius 2 is 2.10 bits per heavy atom. The summed E-state index contributed by atoms with van der Waals surface area (Å²) in [5, 5.41) is 0. The summed E-state index contributed by atoms with van der Waals surface area (Å²) >= 11 is 0. The summed E-state index contributed by atoms with van der Waals surface area (Å²) in [7, 11) is 0. The second kappa shape index (κ2) is 4.77. The van der Waals surface area contributed by atoms with Crippen molar-refractivity contribution in [2.24, 2.45) is 0 Å². The number of aromatic nitrogens is 4. The van der Waals surface area contributed by atoms with Crippen molar-refractivity contribution >= 4 is 22.9 Å². The molecule has 0 unspecified atom stereocenters. The Hall–Kier alpha value is -2.69. The van der Waals surface area contributed by atoms with E-state index in [1.165, 1.54) is 0 Å². The van der Waals surface area contributed by atoms with Gasteiger partial charge >= 0.3 is 0 Å². The highest BCUT2D eigenvalue weighted by molar-refractivity contribution is 5.80. The quantitative estimate of drug-likeness (QED) is 0.771. The van der Waals surface area contributed by atoms with E-state index in [2.05, 4.69) is 19.9 Å². The van der Waals surface area contributed by atoms with Crippen LogP contribution in [0.5, 0.6) is 0 Å². The van der Waals surface area contributed by atoms with Gasteiger partial charge in [0.15, 0.2) is 17.3 Å². The molecule has 0 atom stereocenters. The lowest BCUT2D eigenvalue weighted by Crippen LogP contribution is -1.94. The molecule has 99 valence electrons. The van der Waals surface area contributed by atoms with E-state index < -0.39 is 0 Å². The standard InChI is InChI=1S/C15H14N5/c1-3-4-10-8-17-14(16)13(18-10)15-19-11-6-5-9(2)7-12(11)20-15/h3-8,16H,1-2H3,(H,19,20)/b4-3+. The number of rotatable bonds is 2.